The largest absolute Gasteiger partial charge is 0.497 e. The number of benzene rings is 1. The summed E-state index contributed by atoms with van der Waals surface area (Å²) in [6.45, 7) is 6.06. The smallest absolute Gasteiger partial charge is 0.226 e. The number of methoxy groups -OCH3 is 1. The van der Waals surface area contributed by atoms with Gasteiger partial charge >= 0.3 is 0 Å². The minimum atomic E-state index is 0.205. The average Bonchev–Trinajstić information content (AvgIpc) is 3.08. The molecule has 2 heterocycles. The third-order valence-electron chi connectivity index (χ3n) is 6.08. The van der Waals surface area contributed by atoms with E-state index < -0.39 is 0 Å². The summed E-state index contributed by atoms with van der Waals surface area (Å²) in [5, 5.41) is 7.50. The Balaban J connectivity index is 1.46. The minimum absolute atomic E-state index is 0.205. The van der Waals surface area contributed by atoms with Gasteiger partial charge in [0.05, 0.1) is 13.3 Å². The van der Waals surface area contributed by atoms with Crippen LogP contribution in [0.3, 0.4) is 0 Å². The van der Waals surface area contributed by atoms with Gasteiger partial charge < -0.3 is 9.64 Å². The van der Waals surface area contributed by atoms with Crippen LogP contribution in [0.5, 0.6) is 5.75 Å². The van der Waals surface area contributed by atoms with Crippen molar-refractivity contribution < 1.29 is 9.53 Å². The molecular formula is C21H27N3O2. The van der Waals surface area contributed by atoms with Crippen LogP contribution in [0.4, 0.5) is 0 Å². The quantitative estimate of drug-likeness (QED) is 0.908. The van der Waals surface area contributed by atoms with E-state index in [0.29, 0.717) is 11.8 Å². The number of nitrogens with zero attached hydrogens (tertiary/aromatic N) is 2. The molecule has 1 saturated heterocycles. The van der Waals surface area contributed by atoms with Crippen LogP contribution in [0.25, 0.3) is 11.1 Å². The fraction of sp³-hybridized carbons (Fsp3) is 0.524. The number of rotatable bonds is 4. The number of likely N-dealkylation sites (tertiary alicyclic amines) is 1. The van der Waals surface area contributed by atoms with E-state index in [9.17, 15) is 4.79 Å². The first-order chi connectivity index (χ1) is 12.5. The van der Waals surface area contributed by atoms with Gasteiger partial charge in [0, 0.05) is 36.2 Å². The van der Waals surface area contributed by atoms with Gasteiger partial charge in [0.1, 0.15) is 5.75 Å². The van der Waals surface area contributed by atoms with Gasteiger partial charge in [-0.05, 0) is 42.4 Å². The van der Waals surface area contributed by atoms with Gasteiger partial charge in [0.15, 0.2) is 0 Å². The van der Waals surface area contributed by atoms with E-state index in [1.165, 1.54) is 5.69 Å². The summed E-state index contributed by atoms with van der Waals surface area (Å²) in [4.78, 5) is 14.7. The highest BCUT2D eigenvalue weighted by Gasteiger charge is 2.52. The van der Waals surface area contributed by atoms with Gasteiger partial charge in [0.2, 0.25) is 5.91 Å². The molecule has 1 amide bonds. The molecule has 0 bridgehead atoms. The van der Waals surface area contributed by atoms with E-state index in [4.69, 9.17) is 4.74 Å². The number of ether oxygens (including phenoxy) is 1. The summed E-state index contributed by atoms with van der Waals surface area (Å²) in [5.74, 6) is 1.85. The normalized spacial score (nSPS) is 22.3. The van der Waals surface area contributed by atoms with E-state index >= 15 is 0 Å². The van der Waals surface area contributed by atoms with Gasteiger partial charge in [-0.15, -0.1) is 0 Å². The molecule has 0 radical (unpaired) electrons. The Morgan fingerprint density at radius 2 is 2.04 bits per heavy atom. The molecular weight excluding hydrogens is 326 g/mol. The number of carbonyl (C=O) groups is 1. The summed E-state index contributed by atoms with van der Waals surface area (Å²) in [5.41, 5.74) is 3.64. The van der Waals surface area contributed by atoms with Crippen molar-refractivity contribution in [1.29, 1.82) is 0 Å². The van der Waals surface area contributed by atoms with Gasteiger partial charge in [-0.3, -0.25) is 9.89 Å². The molecule has 4 rings (SSSR count). The fourth-order valence-corrected chi connectivity index (χ4v) is 4.13. The molecule has 5 nitrogen and oxygen atoms in total. The molecule has 1 saturated carbocycles. The zero-order valence-electron chi connectivity index (χ0n) is 15.8. The maximum atomic E-state index is 12.6. The SMILES string of the molecule is COc1cccc(-c2cn[nH]c2C2CCN(C(=O)[C@H]3CC3(C)C)CC2)c1. The highest BCUT2D eigenvalue weighted by atomic mass is 16.5. The second-order valence-corrected chi connectivity index (χ2v) is 8.27. The Morgan fingerprint density at radius 1 is 1.31 bits per heavy atom. The maximum Gasteiger partial charge on any atom is 0.226 e. The van der Waals surface area contributed by atoms with E-state index in [0.717, 1.165) is 49.2 Å². The van der Waals surface area contributed by atoms with Crippen LogP contribution in [0.1, 0.15) is 44.7 Å². The summed E-state index contributed by atoms with van der Waals surface area (Å²) in [6, 6.07) is 8.09. The van der Waals surface area contributed by atoms with Crippen molar-refractivity contribution in [2.75, 3.05) is 20.2 Å². The number of aromatic nitrogens is 2. The number of carbonyl (C=O) groups excluding carboxylic acids is 1. The highest BCUT2D eigenvalue weighted by Crippen LogP contribution is 2.52. The molecule has 1 aromatic heterocycles. The van der Waals surface area contributed by atoms with Crippen molar-refractivity contribution in [3.05, 3.63) is 36.2 Å². The lowest BCUT2D eigenvalue weighted by atomic mass is 9.89. The monoisotopic (exact) mass is 353 g/mol. The molecule has 26 heavy (non-hydrogen) atoms. The number of aromatic amines is 1. The van der Waals surface area contributed by atoms with Crippen LogP contribution in [0.15, 0.2) is 30.5 Å². The topological polar surface area (TPSA) is 58.2 Å². The van der Waals surface area contributed by atoms with Crippen LogP contribution in [0, 0.1) is 11.3 Å². The number of H-pyrrole nitrogens is 1. The predicted molar refractivity (Wildman–Crippen MR) is 101 cm³/mol. The lowest BCUT2D eigenvalue weighted by Crippen LogP contribution is -2.39. The molecule has 0 spiro atoms. The Bertz CT molecular complexity index is 803. The van der Waals surface area contributed by atoms with E-state index in [1.807, 2.05) is 24.4 Å². The van der Waals surface area contributed by atoms with E-state index in [1.54, 1.807) is 7.11 Å². The van der Waals surface area contributed by atoms with Crippen LogP contribution in [-0.2, 0) is 4.79 Å². The van der Waals surface area contributed by atoms with Crippen molar-refractivity contribution in [1.82, 2.24) is 15.1 Å². The molecule has 5 heteroatoms. The van der Waals surface area contributed by atoms with Crippen molar-refractivity contribution >= 4 is 5.91 Å². The second-order valence-electron chi connectivity index (χ2n) is 8.27. The summed E-state index contributed by atoms with van der Waals surface area (Å²) < 4.78 is 5.35. The number of nitrogens with one attached hydrogen (secondary N) is 1. The van der Waals surface area contributed by atoms with E-state index in [-0.39, 0.29) is 11.3 Å². The average molecular weight is 353 g/mol. The molecule has 0 unspecified atom stereocenters. The van der Waals surface area contributed by atoms with Crippen LogP contribution < -0.4 is 4.74 Å². The first-order valence-electron chi connectivity index (χ1n) is 9.46. The van der Waals surface area contributed by atoms with Crippen molar-refractivity contribution in [3.8, 4) is 16.9 Å². The maximum absolute atomic E-state index is 12.6. The van der Waals surface area contributed by atoms with Crippen LogP contribution in [0.2, 0.25) is 0 Å². The standard InChI is InChI=1S/C21H27N3O2/c1-21(2)12-18(21)20(25)24-9-7-14(8-10-24)19-17(13-22-23-19)15-5-4-6-16(11-15)26-3/h4-6,11,13-14,18H,7-10,12H2,1-3H3,(H,22,23)/t18-/m1/s1. The van der Waals surface area contributed by atoms with Crippen molar-refractivity contribution in [2.24, 2.45) is 11.3 Å². The fourth-order valence-electron chi connectivity index (χ4n) is 4.13. The summed E-state index contributed by atoms with van der Waals surface area (Å²) in [6.07, 6.45) is 4.90. The number of hydrogen-bond donors (Lipinski definition) is 1. The number of amides is 1. The molecule has 1 aromatic carbocycles. The van der Waals surface area contributed by atoms with Crippen LogP contribution in [-0.4, -0.2) is 41.2 Å². The Morgan fingerprint density at radius 3 is 2.69 bits per heavy atom. The van der Waals surface area contributed by atoms with Crippen molar-refractivity contribution in [2.45, 2.75) is 39.0 Å². The minimum Gasteiger partial charge on any atom is -0.497 e. The Kier molecular flexibility index (Phi) is 4.25. The molecule has 2 aliphatic rings. The third kappa shape index (κ3) is 3.11. The van der Waals surface area contributed by atoms with Crippen molar-refractivity contribution in [3.63, 3.8) is 0 Å². The lowest BCUT2D eigenvalue weighted by molar-refractivity contribution is -0.134. The molecule has 2 fully saturated rings. The van der Waals surface area contributed by atoms with Gasteiger partial charge in [-0.2, -0.15) is 5.10 Å². The summed E-state index contributed by atoms with van der Waals surface area (Å²) >= 11 is 0. The first kappa shape index (κ1) is 17.1. The number of piperidine rings is 1. The molecule has 2 aromatic rings. The van der Waals surface area contributed by atoms with Gasteiger partial charge in [-0.25, -0.2) is 0 Å². The summed E-state index contributed by atoms with van der Waals surface area (Å²) in [7, 11) is 1.68. The second kappa shape index (κ2) is 6.45. The zero-order valence-corrected chi connectivity index (χ0v) is 15.8. The van der Waals surface area contributed by atoms with E-state index in [2.05, 4.69) is 35.0 Å². The number of hydrogen-bond acceptors (Lipinski definition) is 3. The molecule has 1 N–H and O–H groups in total. The van der Waals surface area contributed by atoms with Gasteiger partial charge in [0.25, 0.3) is 0 Å². The zero-order chi connectivity index (χ0) is 18.3. The molecule has 138 valence electrons. The Labute approximate surface area is 154 Å². The first-order valence-corrected chi connectivity index (χ1v) is 9.46. The van der Waals surface area contributed by atoms with Gasteiger partial charge in [-0.1, -0.05) is 26.0 Å². The molecule has 1 aliphatic heterocycles. The lowest BCUT2D eigenvalue weighted by Gasteiger charge is -2.32. The highest BCUT2D eigenvalue weighted by molar-refractivity contribution is 5.82. The van der Waals surface area contributed by atoms with Crippen LogP contribution >= 0.6 is 0 Å². The Hall–Kier alpha value is -2.30. The molecule has 1 atom stereocenters. The third-order valence-corrected chi connectivity index (χ3v) is 6.08. The molecule has 1 aliphatic carbocycles. The predicted octanol–water partition coefficient (Wildman–Crippen LogP) is 3.84.